The Labute approximate surface area is 126 Å². The van der Waals surface area contributed by atoms with E-state index in [-0.39, 0.29) is 18.2 Å². The molecule has 6 nitrogen and oxygen atoms in total. The number of rotatable bonds is 3. The molecule has 120 valence electrons. The highest BCUT2D eigenvalue weighted by atomic mass is 16.5. The summed E-state index contributed by atoms with van der Waals surface area (Å²) in [6.07, 6.45) is 2.06. The number of carbonyl (C=O) groups is 2. The summed E-state index contributed by atoms with van der Waals surface area (Å²) >= 11 is 0. The zero-order valence-corrected chi connectivity index (χ0v) is 13.2. The molecule has 6 heteroatoms. The van der Waals surface area contributed by atoms with Gasteiger partial charge in [0.2, 0.25) is 0 Å². The van der Waals surface area contributed by atoms with Gasteiger partial charge in [-0.2, -0.15) is 0 Å². The highest BCUT2D eigenvalue weighted by molar-refractivity contribution is 5.80. The largest absolute Gasteiger partial charge is 0.481 e. The van der Waals surface area contributed by atoms with Gasteiger partial charge in [0.25, 0.3) is 0 Å². The van der Waals surface area contributed by atoms with Gasteiger partial charge in [0, 0.05) is 26.2 Å². The molecule has 3 atom stereocenters. The average Bonchev–Trinajstić information content (AvgIpc) is 2.83. The van der Waals surface area contributed by atoms with Crippen LogP contribution < -0.4 is 0 Å². The fraction of sp³-hybridized carbons (Fsp3) is 0.867. The minimum absolute atomic E-state index is 0.0279. The molecular formula is C15H26N2O4. The molecule has 21 heavy (non-hydrogen) atoms. The van der Waals surface area contributed by atoms with Crippen LogP contribution in [0.25, 0.3) is 0 Å². The van der Waals surface area contributed by atoms with Crippen LogP contribution in [0.5, 0.6) is 0 Å². The van der Waals surface area contributed by atoms with Crippen LogP contribution in [0.3, 0.4) is 0 Å². The monoisotopic (exact) mass is 298 g/mol. The van der Waals surface area contributed by atoms with E-state index in [0.29, 0.717) is 39.0 Å². The Morgan fingerprint density at radius 3 is 2.38 bits per heavy atom. The van der Waals surface area contributed by atoms with E-state index in [1.165, 1.54) is 0 Å². The zero-order chi connectivity index (χ0) is 15.6. The van der Waals surface area contributed by atoms with E-state index in [2.05, 4.69) is 0 Å². The van der Waals surface area contributed by atoms with Gasteiger partial charge < -0.3 is 19.6 Å². The first-order chi connectivity index (χ1) is 9.88. The molecule has 2 rings (SSSR count). The molecule has 0 saturated carbocycles. The van der Waals surface area contributed by atoms with Crippen molar-refractivity contribution in [2.24, 2.45) is 5.41 Å². The maximum Gasteiger partial charge on any atom is 0.320 e. The Kier molecular flexibility index (Phi) is 4.76. The highest BCUT2D eigenvalue weighted by Crippen LogP contribution is 2.36. The number of urea groups is 1. The van der Waals surface area contributed by atoms with Crippen LogP contribution in [0.1, 0.15) is 40.0 Å². The molecule has 0 aliphatic carbocycles. The number of morpholine rings is 1. The van der Waals surface area contributed by atoms with Crippen LogP contribution in [0.2, 0.25) is 0 Å². The lowest BCUT2D eigenvalue weighted by molar-refractivity contribution is -0.148. The van der Waals surface area contributed by atoms with Crippen LogP contribution >= 0.6 is 0 Å². The number of carboxylic acids is 1. The van der Waals surface area contributed by atoms with Crippen molar-refractivity contribution in [2.45, 2.75) is 52.2 Å². The van der Waals surface area contributed by atoms with Gasteiger partial charge in [0.1, 0.15) is 0 Å². The van der Waals surface area contributed by atoms with Gasteiger partial charge in [-0.15, -0.1) is 0 Å². The number of amides is 2. The van der Waals surface area contributed by atoms with Crippen molar-refractivity contribution in [3.63, 3.8) is 0 Å². The summed E-state index contributed by atoms with van der Waals surface area (Å²) in [4.78, 5) is 27.7. The summed E-state index contributed by atoms with van der Waals surface area (Å²) in [6.45, 7) is 7.92. The smallest absolute Gasteiger partial charge is 0.320 e. The Morgan fingerprint density at radius 1 is 1.24 bits per heavy atom. The standard InChI is InChI=1S/C15H26N2O4/c1-4-5-15(13(18)19)6-7-16(10-15)14(20)17-8-11(2)21-12(3)9-17/h11-12H,4-10H2,1-3H3,(H,18,19)/t11-,12+,15?. The lowest BCUT2D eigenvalue weighted by atomic mass is 9.83. The number of carboxylic acid groups (broad SMARTS) is 1. The van der Waals surface area contributed by atoms with Gasteiger partial charge in [-0.3, -0.25) is 4.79 Å². The molecule has 2 heterocycles. The van der Waals surface area contributed by atoms with E-state index >= 15 is 0 Å². The topological polar surface area (TPSA) is 70.1 Å². The van der Waals surface area contributed by atoms with Crippen LogP contribution in [0, 0.1) is 5.41 Å². The second kappa shape index (κ2) is 6.22. The van der Waals surface area contributed by atoms with E-state index in [0.717, 1.165) is 6.42 Å². The van der Waals surface area contributed by atoms with Crippen molar-refractivity contribution >= 4 is 12.0 Å². The van der Waals surface area contributed by atoms with Crippen molar-refractivity contribution in [1.82, 2.24) is 9.80 Å². The summed E-state index contributed by atoms with van der Waals surface area (Å²) in [7, 11) is 0. The third-order valence-corrected chi connectivity index (χ3v) is 4.50. The molecule has 2 saturated heterocycles. The minimum Gasteiger partial charge on any atom is -0.481 e. The van der Waals surface area contributed by atoms with Gasteiger partial charge in [0.05, 0.1) is 17.6 Å². The van der Waals surface area contributed by atoms with Crippen molar-refractivity contribution in [1.29, 1.82) is 0 Å². The number of hydrogen-bond acceptors (Lipinski definition) is 3. The molecule has 0 bridgehead atoms. The first-order valence-corrected chi connectivity index (χ1v) is 7.80. The van der Waals surface area contributed by atoms with Crippen molar-refractivity contribution in [2.75, 3.05) is 26.2 Å². The molecule has 2 aliphatic rings. The van der Waals surface area contributed by atoms with E-state index in [1.54, 1.807) is 9.80 Å². The van der Waals surface area contributed by atoms with Gasteiger partial charge in [-0.25, -0.2) is 4.79 Å². The summed E-state index contributed by atoms with van der Waals surface area (Å²) in [5, 5.41) is 9.52. The van der Waals surface area contributed by atoms with Gasteiger partial charge in [-0.1, -0.05) is 13.3 Å². The molecule has 0 aromatic carbocycles. The third-order valence-electron chi connectivity index (χ3n) is 4.50. The summed E-state index contributed by atoms with van der Waals surface area (Å²) in [5.74, 6) is -0.775. The first kappa shape index (κ1) is 16.1. The van der Waals surface area contributed by atoms with E-state index in [4.69, 9.17) is 4.74 Å². The molecule has 2 fully saturated rings. The fourth-order valence-corrected chi connectivity index (χ4v) is 3.53. The second-order valence-electron chi connectivity index (χ2n) is 6.45. The van der Waals surface area contributed by atoms with Crippen molar-refractivity contribution in [3.8, 4) is 0 Å². The van der Waals surface area contributed by atoms with Gasteiger partial charge in [-0.05, 0) is 26.7 Å². The van der Waals surface area contributed by atoms with E-state index in [1.807, 2.05) is 20.8 Å². The van der Waals surface area contributed by atoms with E-state index < -0.39 is 11.4 Å². The molecule has 1 unspecified atom stereocenters. The predicted molar refractivity (Wildman–Crippen MR) is 78.1 cm³/mol. The lowest BCUT2D eigenvalue weighted by Gasteiger charge is -2.37. The average molecular weight is 298 g/mol. The summed E-state index contributed by atoms with van der Waals surface area (Å²) < 4.78 is 5.64. The second-order valence-corrected chi connectivity index (χ2v) is 6.45. The maximum absolute atomic E-state index is 12.6. The molecule has 0 radical (unpaired) electrons. The van der Waals surface area contributed by atoms with Crippen LogP contribution in [0.4, 0.5) is 4.79 Å². The first-order valence-electron chi connectivity index (χ1n) is 7.80. The quantitative estimate of drug-likeness (QED) is 0.862. The van der Waals surface area contributed by atoms with Crippen molar-refractivity contribution in [3.05, 3.63) is 0 Å². The Bertz CT molecular complexity index is 404. The molecule has 0 aromatic heterocycles. The molecule has 0 spiro atoms. The Balaban J connectivity index is 2.03. The zero-order valence-electron chi connectivity index (χ0n) is 13.2. The Morgan fingerprint density at radius 2 is 1.86 bits per heavy atom. The van der Waals surface area contributed by atoms with Crippen LogP contribution in [-0.4, -0.2) is 65.3 Å². The maximum atomic E-state index is 12.6. The van der Waals surface area contributed by atoms with Crippen molar-refractivity contribution < 1.29 is 19.4 Å². The molecule has 2 amide bonds. The van der Waals surface area contributed by atoms with Crippen LogP contribution in [-0.2, 0) is 9.53 Å². The molecular weight excluding hydrogens is 272 g/mol. The Hall–Kier alpha value is -1.30. The SMILES string of the molecule is CCCC1(C(=O)O)CCN(C(=O)N2C[C@@H](C)O[C@@H](C)C2)C1. The number of nitrogens with zero attached hydrogens (tertiary/aromatic N) is 2. The summed E-state index contributed by atoms with van der Waals surface area (Å²) in [6, 6.07) is -0.0452. The van der Waals surface area contributed by atoms with Gasteiger partial charge >= 0.3 is 12.0 Å². The predicted octanol–water partition coefficient (Wildman–Crippen LogP) is 1.79. The number of aliphatic carboxylic acids is 1. The van der Waals surface area contributed by atoms with Gasteiger partial charge in [0.15, 0.2) is 0 Å². The highest BCUT2D eigenvalue weighted by Gasteiger charge is 2.46. The molecule has 2 aliphatic heterocycles. The number of carbonyl (C=O) groups excluding carboxylic acids is 1. The fourth-order valence-electron chi connectivity index (χ4n) is 3.53. The minimum atomic E-state index is -0.775. The number of likely N-dealkylation sites (tertiary alicyclic amines) is 1. The number of ether oxygens (including phenoxy) is 1. The molecule has 1 N–H and O–H groups in total. The van der Waals surface area contributed by atoms with E-state index in [9.17, 15) is 14.7 Å². The normalized spacial score (nSPS) is 33.3. The lowest BCUT2D eigenvalue weighted by Crippen LogP contribution is -2.52. The molecule has 0 aromatic rings. The number of hydrogen-bond donors (Lipinski definition) is 1. The van der Waals surface area contributed by atoms with Crippen LogP contribution in [0.15, 0.2) is 0 Å². The third kappa shape index (κ3) is 3.31. The summed E-state index contributed by atoms with van der Waals surface area (Å²) in [5.41, 5.74) is -0.756.